The van der Waals surface area contributed by atoms with E-state index in [1.54, 1.807) is 45.2 Å². The number of carbonyl (C=O) groups is 2. The van der Waals surface area contributed by atoms with Crippen LogP contribution in [0.3, 0.4) is 0 Å². The number of Topliss-reactive ketones (excluding diaryl/α,β-unsaturated/α-hetero) is 1. The van der Waals surface area contributed by atoms with E-state index in [9.17, 15) is 9.59 Å². The van der Waals surface area contributed by atoms with Gasteiger partial charge >= 0.3 is 6.09 Å². The minimum atomic E-state index is -0.611. The summed E-state index contributed by atoms with van der Waals surface area (Å²) in [4.78, 5) is 23.7. The van der Waals surface area contributed by atoms with Gasteiger partial charge in [-0.05, 0) is 33.8 Å². The van der Waals surface area contributed by atoms with E-state index >= 15 is 0 Å². The fourth-order valence-corrected chi connectivity index (χ4v) is 1.81. The second-order valence-electron chi connectivity index (χ2n) is 5.34. The lowest BCUT2D eigenvalue weighted by atomic mass is 10.1. The summed E-state index contributed by atoms with van der Waals surface area (Å²) in [5, 5.41) is 4.75. The number of fused-ring (bicyclic) bond motifs is 1. The summed E-state index contributed by atoms with van der Waals surface area (Å²) in [5.41, 5.74) is 0.339. The van der Waals surface area contributed by atoms with Crippen LogP contribution in [0.15, 0.2) is 24.4 Å². The van der Waals surface area contributed by atoms with Crippen molar-refractivity contribution in [1.29, 1.82) is 0 Å². The highest BCUT2D eigenvalue weighted by Crippen LogP contribution is 2.20. The first kappa shape index (κ1) is 13.3. The fraction of sp³-hybridized carbons (Fsp3) is 0.357. The van der Waals surface area contributed by atoms with Gasteiger partial charge < -0.3 is 4.74 Å². The number of hydrogen-bond acceptors (Lipinski definition) is 4. The van der Waals surface area contributed by atoms with Crippen LogP contribution in [0.25, 0.3) is 10.9 Å². The predicted molar refractivity (Wildman–Crippen MR) is 71.4 cm³/mol. The van der Waals surface area contributed by atoms with E-state index in [-0.39, 0.29) is 5.78 Å². The SMILES string of the molecule is CC(=O)c1cccc2cnn(C(=O)OC(C)(C)C)c12. The van der Waals surface area contributed by atoms with Gasteiger partial charge in [0, 0.05) is 10.9 Å². The van der Waals surface area contributed by atoms with E-state index in [1.165, 1.54) is 6.92 Å². The van der Waals surface area contributed by atoms with Gasteiger partial charge in [-0.15, -0.1) is 0 Å². The molecule has 0 N–H and O–H groups in total. The van der Waals surface area contributed by atoms with Crippen molar-refractivity contribution in [2.75, 3.05) is 0 Å². The number of hydrogen-bond donors (Lipinski definition) is 0. The summed E-state index contributed by atoms with van der Waals surface area (Å²) >= 11 is 0. The zero-order chi connectivity index (χ0) is 14.2. The maximum atomic E-state index is 12.1. The quantitative estimate of drug-likeness (QED) is 0.739. The highest BCUT2D eigenvalue weighted by Gasteiger charge is 2.21. The van der Waals surface area contributed by atoms with Gasteiger partial charge in [0.05, 0.1) is 11.7 Å². The molecule has 2 aromatic rings. The van der Waals surface area contributed by atoms with Crippen molar-refractivity contribution in [3.63, 3.8) is 0 Å². The molecule has 1 aromatic heterocycles. The molecule has 19 heavy (non-hydrogen) atoms. The van der Waals surface area contributed by atoms with Crippen LogP contribution in [0.1, 0.15) is 38.1 Å². The minimum Gasteiger partial charge on any atom is -0.442 e. The van der Waals surface area contributed by atoms with Crippen LogP contribution in [-0.2, 0) is 4.74 Å². The maximum Gasteiger partial charge on any atom is 0.435 e. The van der Waals surface area contributed by atoms with Crippen molar-refractivity contribution in [1.82, 2.24) is 9.78 Å². The number of rotatable bonds is 1. The molecular formula is C14H16N2O3. The van der Waals surface area contributed by atoms with Crippen molar-refractivity contribution >= 4 is 22.8 Å². The fourth-order valence-electron chi connectivity index (χ4n) is 1.81. The Balaban J connectivity index is 2.56. The summed E-state index contributed by atoms with van der Waals surface area (Å²) in [5.74, 6) is -0.115. The lowest BCUT2D eigenvalue weighted by Gasteiger charge is -2.19. The molecule has 0 aliphatic heterocycles. The summed E-state index contributed by atoms with van der Waals surface area (Å²) in [6, 6.07) is 5.24. The number of benzene rings is 1. The molecule has 5 heteroatoms. The molecule has 0 bridgehead atoms. The van der Waals surface area contributed by atoms with Crippen molar-refractivity contribution in [3.05, 3.63) is 30.0 Å². The van der Waals surface area contributed by atoms with E-state index in [2.05, 4.69) is 5.10 Å². The number of aromatic nitrogens is 2. The molecule has 0 radical (unpaired) electrons. The standard InChI is InChI=1S/C14H16N2O3/c1-9(17)11-7-5-6-10-8-15-16(12(10)11)13(18)19-14(2,3)4/h5-8H,1-4H3. The van der Waals surface area contributed by atoms with Gasteiger partial charge in [0.1, 0.15) is 5.60 Å². The van der Waals surface area contributed by atoms with Crippen molar-refractivity contribution in [2.24, 2.45) is 0 Å². The largest absolute Gasteiger partial charge is 0.442 e. The van der Waals surface area contributed by atoms with Crippen molar-refractivity contribution in [3.8, 4) is 0 Å². The molecule has 100 valence electrons. The van der Waals surface area contributed by atoms with Gasteiger partial charge in [-0.3, -0.25) is 4.79 Å². The van der Waals surface area contributed by atoms with Gasteiger partial charge in [0.25, 0.3) is 0 Å². The van der Waals surface area contributed by atoms with E-state index < -0.39 is 11.7 Å². The van der Waals surface area contributed by atoms with Gasteiger partial charge in [0.2, 0.25) is 0 Å². The summed E-state index contributed by atoms with van der Waals surface area (Å²) in [7, 11) is 0. The smallest absolute Gasteiger partial charge is 0.435 e. The first-order chi connectivity index (χ1) is 8.79. The Morgan fingerprint density at radius 3 is 2.53 bits per heavy atom. The molecule has 0 aliphatic carbocycles. The monoisotopic (exact) mass is 260 g/mol. The number of nitrogens with zero attached hydrogens (tertiary/aromatic N) is 2. The summed E-state index contributed by atoms with van der Waals surface area (Å²) in [6.07, 6.45) is 0.960. The molecule has 0 fully saturated rings. The average Bonchev–Trinajstić information content (AvgIpc) is 2.69. The van der Waals surface area contributed by atoms with Crippen LogP contribution in [0.2, 0.25) is 0 Å². The first-order valence-electron chi connectivity index (χ1n) is 6.00. The van der Waals surface area contributed by atoms with E-state index in [4.69, 9.17) is 4.74 Å². The Hall–Kier alpha value is -2.17. The topological polar surface area (TPSA) is 61.2 Å². The Labute approximate surface area is 111 Å². The number of carbonyl (C=O) groups excluding carboxylic acids is 2. The van der Waals surface area contributed by atoms with Crippen LogP contribution in [0.4, 0.5) is 4.79 Å². The van der Waals surface area contributed by atoms with Crippen LogP contribution in [0, 0.1) is 0 Å². The third-order valence-electron chi connectivity index (χ3n) is 2.54. The van der Waals surface area contributed by atoms with E-state index in [1.807, 2.05) is 0 Å². The molecule has 1 heterocycles. The average molecular weight is 260 g/mol. The van der Waals surface area contributed by atoms with E-state index in [0.29, 0.717) is 11.1 Å². The molecule has 0 saturated carbocycles. The van der Waals surface area contributed by atoms with Gasteiger partial charge in [0.15, 0.2) is 5.78 Å². The molecule has 0 atom stereocenters. The van der Waals surface area contributed by atoms with Gasteiger partial charge in [-0.1, -0.05) is 12.1 Å². The minimum absolute atomic E-state index is 0.115. The first-order valence-corrected chi connectivity index (χ1v) is 6.00. The Morgan fingerprint density at radius 1 is 1.26 bits per heavy atom. The van der Waals surface area contributed by atoms with Crippen molar-refractivity contribution in [2.45, 2.75) is 33.3 Å². The Morgan fingerprint density at radius 2 is 1.95 bits per heavy atom. The van der Waals surface area contributed by atoms with Crippen molar-refractivity contribution < 1.29 is 14.3 Å². The van der Waals surface area contributed by atoms with Gasteiger partial charge in [-0.25, -0.2) is 4.79 Å². The second-order valence-corrected chi connectivity index (χ2v) is 5.34. The van der Waals surface area contributed by atoms with Gasteiger partial charge in [-0.2, -0.15) is 9.78 Å². The molecule has 1 aromatic carbocycles. The third kappa shape index (κ3) is 2.65. The maximum absolute atomic E-state index is 12.1. The van der Waals surface area contributed by atoms with Crippen LogP contribution >= 0.6 is 0 Å². The molecule has 5 nitrogen and oxygen atoms in total. The lowest BCUT2D eigenvalue weighted by Crippen LogP contribution is -2.28. The van der Waals surface area contributed by atoms with Crippen LogP contribution in [-0.4, -0.2) is 27.3 Å². The number of para-hydroxylation sites is 1. The molecule has 2 rings (SSSR count). The molecular weight excluding hydrogens is 244 g/mol. The molecule has 0 amide bonds. The predicted octanol–water partition coefficient (Wildman–Crippen LogP) is 3.02. The zero-order valence-corrected chi connectivity index (χ0v) is 11.4. The Kier molecular flexibility index (Phi) is 3.14. The highest BCUT2D eigenvalue weighted by molar-refractivity contribution is 6.07. The number of ether oxygens (including phenoxy) is 1. The summed E-state index contributed by atoms with van der Waals surface area (Å²) < 4.78 is 6.41. The molecule has 0 saturated heterocycles. The molecule has 0 unspecified atom stereocenters. The lowest BCUT2D eigenvalue weighted by molar-refractivity contribution is 0.0522. The van der Waals surface area contributed by atoms with Crippen LogP contribution < -0.4 is 0 Å². The van der Waals surface area contributed by atoms with E-state index in [0.717, 1.165) is 10.1 Å². The zero-order valence-electron chi connectivity index (χ0n) is 11.4. The Bertz CT molecular complexity index is 650. The highest BCUT2D eigenvalue weighted by atomic mass is 16.6. The second kappa shape index (κ2) is 4.50. The molecule has 0 spiro atoms. The third-order valence-corrected chi connectivity index (χ3v) is 2.54. The summed E-state index contributed by atoms with van der Waals surface area (Å²) in [6.45, 7) is 6.80. The van der Waals surface area contributed by atoms with Crippen LogP contribution in [0.5, 0.6) is 0 Å². The molecule has 0 aliphatic rings. The number of ketones is 1. The normalized spacial score (nSPS) is 11.6.